The summed E-state index contributed by atoms with van der Waals surface area (Å²) >= 11 is 0. The minimum atomic E-state index is -0.690. The number of hydrogen-bond acceptors (Lipinski definition) is 6. The number of aryl methyl sites for hydroxylation is 1. The van der Waals surface area contributed by atoms with Gasteiger partial charge in [-0.2, -0.15) is 0 Å². The highest BCUT2D eigenvalue weighted by atomic mass is 19.1. The van der Waals surface area contributed by atoms with E-state index in [1.165, 1.54) is 34.7 Å². The number of amides is 2. The lowest BCUT2D eigenvalue weighted by atomic mass is 9.82. The average Bonchev–Trinajstić information content (AvgIpc) is 3.65. The summed E-state index contributed by atoms with van der Waals surface area (Å²) in [6, 6.07) is 19.2. The fraction of sp³-hybridized carbons (Fsp3) is 0.229. The molecule has 3 aromatic carbocycles. The van der Waals surface area contributed by atoms with Gasteiger partial charge in [0.25, 0.3) is 0 Å². The first-order valence-electron chi connectivity index (χ1n) is 14.2. The molecular weight excluding hydrogens is 547 g/mol. The molecule has 43 heavy (non-hydrogen) atoms. The molecule has 4 atom stereocenters. The highest BCUT2D eigenvalue weighted by Crippen LogP contribution is 2.55. The zero-order chi connectivity index (χ0) is 30.0. The van der Waals surface area contributed by atoms with E-state index in [9.17, 15) is 23.6 Å². The third kappa shape index (κ3) is 4.45. The number of aromatic nitrogens is 1. The molecule has 2 aliphatic carbocycles. The van der Waals surface area contributed by atoms with E-state index in [0.717, 1.165) is 12.0 Å². The van der Waals surface area contributed by atoms with Crippen LogP contribution in [0.5, 0.6) is 0 Å². The summed E-state index contributed by atoms with van der Waals surface area (Å²) in [4.78, 5) is 58.6. The van der Waals surface area contributed by atoms with Crippen molar-refractivity contribution in [2.75, 3.05) is 11.5 Å². The Labute approximate surface area is 247 Å². The second kappa shape index (κ2) is 10.1. The largest absolute Gasteiger partial charge is 0.454 e. The normalized spacial score (nSPS) is 22.2. The van der Waals surface area contributed by atoms with E-state index in [2.05, 4.69) is 6.08 Å². The molecule has 4 aromatic rings. The van der Waals surface area contributed by atoms with Gasteiger partial charge in [-0.05, 0) is 86.7 Å². The molecule has 1 aromatic heterocycles. The molecule has 214 valence electrons. The highest BCUT2D eigenvalue weighted by Gasteiger charge is 2.60. The molecule has 1 saturated carbocycles. The third-order valence-electron chi connectivity index (χ3n) is 8.99. The number of ether oxygens (including phenoxy) is 1. The number of benzene rings is 3. The van der Waals surface area contributed by atoms with E-state index in [1.54, 1.807) is 30.3 Å². The lowest BCUT2D eigenvalue weighted by molar-refractivity contribution is -0.123. The maximum atomic E-state index is 13.4. The number of carbonyl (C=O) groups excluding carboxylic acids is 4. The van der Waals surface area contributed by atoms with Gasteiger partial charge in [0.15, 0.2) is 12.4 Å². The number of pyridine rings is 1. The summed E-state index contributed by atoms with van der Waals surface area (Å²) in [5, 5.41) is 0.581. The van der Waals surface area contributed by atoms with E-state index >= 15 is 0 Å². The highest BCUT2D eigenvalue weighted by molar-refractivity contribution is 6.23. The number of carbonyl (C=O) groups is 4. The lowest BCUT2D eigenvalue weighted by Gasteiger charge is -2.19. The molecule has 2 bridgehead atoms. The van der Waals surface area contributed by atoms with Crippen LogP contribution in [0.1, 0.15) is 39.6 Å². The van der Waals surface area contributed by atoms with Crippen molar-refractivity contribution in [2.45, 2.75) is 20.3 Å². The molecule has 0 N–H and O–H groups in total. The smallest absolute Gasteiger partial charge is 0.339 e. The summed E-state index contributed by atoms with van der Waals surface area (Å²) in [6.07, 6.45) is 3.03. The number of esters is 1. The van der Waals surface area contributed by atoms with E-state index in [0.29, 0.717) is 27.8 Å². The maximum Gasteiger partial charge on any atom is 0.339 e. The van der Waals surface area contributed by atoms with Crippen molar-refractivity contribution < 1.29 is 28.3 Å². The summed E-state index contributed by atoms with van der Waals surface area (Å²) in [7, 11) is 0. The Balaban J connectivity index is 1.16. The van der Waals surface area contributed by atoms with Gasteiger partial charge in [0.05, 0.1) is 34.3 Å². The van der Waals surface area contributed by atoms with Crippen molar-refractivity contribution >= 4 is 40.2 Å². The maximum absolute atomic E-state index is 13.4. The van der Waals surface area contributed by atoms with Crippen LogP contribution in [-0.2, 0) is 14.3 Å². The van der Waals surface area contributed by atoms with Crippen molar-refractivity contribution in [2.24, 2.45) is 23.7 Å². The molecule has 0 radical (unpaired) electrons. The summed E-state index contributed by atoms with van der Waals surface area (Å²) < 4.78 is 18.6. The molecule has 2 amide bonds. The Hall–Kier alpha value is -4.98. The van der Waals surface area contributed by atoms with E-state index in [-0.39, 0.29) is 46.6 Å². The molecule has 1 saturated heterocycles. The van der Waals surface area contributed by atoms with E-state index in [4.69, 9.17) is 9.72 Å². The van der Waals surface area contributed by atoms with Crippen LogP contribution in [0, 0.1) is 36.4 Å². The number of anilines is 1. The molecule has 7 nitrogen and oxygen atoms in total. The topological polar surface area (TPSA) is 93.6 Å². The molecule has 2 heterocycles. The first-order chi connectivity index (χ1) is 20.7. The van der Waals surface area contributed by atoms with Crippen molar-refractivity contribution in [3.8, 4) is 11.3 Å². The van der Waals surface area contributed by atoms with Gasteiger partial charge in [0.2, 0.25) is 11.8 Å². The predicted octanol–water partition coefficient (Wildman–Crippen LogP) is 6.09. The molecule has 7 rings (SSSR count). The number of fused-ring (bicyclic) bond motifs is 6. The second-order valence-corrected chi connectivity index (χ2v) is 11.6. The number of imide groups is 1. The molecule has 3 aliphatic rings. The second-order valence-electron chi connectivity index (χ2n) is 11.6. The first kappa shape index (κ1) is 26.9. The van der Waals surface area contributed by atoms with Gasteiger partial charge in [-0.3, -0.25) is 19.3 Å². The van der Waals surface area contributed by atoms with Gasteiger partial charge in [-0.1, -0.05) is 35.4 Å². The average molecular weight is 575 g/mol. The van der Waals surface area contributed by atoms with Gasteiger partial charge in [-0.25, -0.2) is 14.2 Å². The zero-order valence-electron chi connectivity index (χ0n) is 23.5. The number of allylic oxidation sites excluding steroid dienone is 2. The number of ketones is 1. The Bertz CT molecular complexity index is 1880. The fourth-order valence-electron chi connectivity index (χ4n) is 6.89. The third-order valence-corrected chi connectivity index (χ3v) is 8.99. The fourth-order valence-corrected chi connectivity index (χ4v) is 6.89. The minimum absolute atomic E-state index is 0.130. The van der Waals surface area contributed by atoms with E-state index in [1.807, 2.05) is 32.0 Å². The molecular formula is C35H27FN2O5. The van der Waals surface area contributed by atoms with Crippen LogP contribution in [0.3, 0.4) is 0 Å². The SMILES string of the molecule is CC1=CC2CC1C1C(=O)N(c3ccc(-c4cc(C(=O)OCC(=O)c5ccc(F)cc5)c5cc(C)ccc5n4)cc3)C(=O)C21. The number of rotatable bonds is 6. The van der Waals surface area contributed by atoms with Crippen LogP contribution in [0.15, 0.2) is 84.4 Å². The Morgan fingerprint density at radius 1 is 0.930 bits per heavy atom. The van der Waals surface area contributed by atoms with Crippen molar-refractivity contribution in [1.82, 2.24) is 4.98 Å². The quantitative estimate of drug-likeness (QED) is 0.120. The standard InChI is InChI=1S/C35H27FN2O5/c1-18-3-12-28-26(13-18)27(35(42)43-17-30(39)21-4-8-23(36)9-5-21)16-29(37-28)20-6-10-24(11-7-20)38-33(40)31-22-14-19(2)25(15-22)32(31)34(38)41/h3-14,16,22,25,31-32H,15,17H2,1-2H3. The van der Waals surface area contributed by atoms with Crippen LogP contribution in [0.2, 0.25) is 0 Å². The van der Waals surface area contributed by atoms with Crippen LogP contribution >= 0.6 is 0 Å². The van der Waals surface area contributed by atoms with Crippen LogP contribution in [0.25, 0.3) is 22.2 Å². The molecule has 2 fully saturated rings. The Kier molecular flexibility index (Phi) is 6.31. The first-order valence-corrected chi connectivity index (χ1v) is 14.2. The van der Waals surface area contributed by atoms with Gasteiger partial charge in [0.1, 0.15) is 5.82 Å². The Morgan fingerprint density at radius 2 is 1.65 bits per heavy atom. The molecule has 8 heteroatoms. The van der Waals surface area contributed by atoms with Crippen molar-refractivity contribution in [1.29, 1.82) is 0 Å². The van der Waals surface area contributed by atoms with Gasteiger partial charge >= 0.3 is 5.97 Å². The minimum Gasteiger partial charge on any atom is -0.454 e. The van der Waals surface area contributed by atoms with Gasteiger partial charge in [0, 0.05) is 16.5 Å². The monoisotopic (exact) mass is 574 g/mol. The summed E-state index contributed by atoms with van der Waals surface area (Å²) in [6.45, 7) is 3.44. The summed E-state index contributed by atoms with van der Waals surface area (Å²) in [5.41, 5.74) is 4.87. The van der Waals surface area contributed by atoms with E-state index < -0.39 is 24.2 Å². The number of hydrogen-bond donors (Lipinski definition) is 0. The Morgan fingerprint density at radius 3 is 2.40 bits per heavy atom. The van der Waals surface area contributed by atoms with Crippen molar-refractivity contribution in [3.05, 3.63) is 107 Å². The van der Waals surface area contributed by atoms with Crippen LogP contribution in [0.4, 0.5) is 10.1 Å². The number of halogens is 1. The predicted molar refractivity (Wildman–Crippen MR) is 158 cm³/mol. The zero-order valence-corrected chi connectivity index (χ0v) is 23.5. The van der Waals surface area contributed by atoms with Gasteiger partial charge in [-0.15, -0.1) is 0 Å². The number of nitrogens with zero attached hydrogens (tertiary/aromatic N) is 2. The lowest BCUT2D eigenvalue weighted by Crippen LogP contribution is -2.32. The van der Waals surface area contributed by atoms with Crippen LogP contribution in [-0.4, -0.2) is 35.2 Å². The summed E-state index contributed by atoms with van der Waals surface area (Å²) in [5.74, 6) is -2.17. The van der Waals surface area contributed by atoms with Crippen LogP contribution < -0.4 is 4.90 Å². The van der Waals surface area contributed by atoms with Gasteiger partial charge < -0.3 is 4.74 Å². The van der Waals surface area contributed by atoms with Crippen molar-refractivity contribution in [3.63, 3.8) is 0 Å². The molecule has 1 aliphatic heterocycles. The number of Topliss-reactive ketones (excluding diaryl/α,β-unsaturated/α-hetero) is 1. The molecule has 4 unspecified atom stereocenters. The molecule has 0 spiro atoms.